The lowest BCUT2D eigenvalue weighted by Crippen LogP contribution is -2.41. The van der Waals surface area contributed by atoms with E-state index in [-0.39, 0.29) is 28.6 Å². The molecule has 0 unspecified atom stereocenters. The van der Waals surface area contributed by atoms with Crippen molar-refractivity contribution in [3.05, 3.63) is 29.8 Å². The minimum atomic E-state index is -3.68. The van der Waals surface area contributed by atoms with Gasteiger partial charge in [0.25, 0.3) is 10.1 Å². The highest BCUT2D eigenvalue weighted by molar-refractivity contribution is 7.86. The summed E-state index contributed by atoms with van der Waals surface area (Å²) in [6, 6.07) is 6.81. The van der Waals surface area contributed by atoms with Crippen LogP contribution in [0.25, 0.3) is 0 Å². The molecule has 3 fully saturated rings. The third kappa shape index (κ3) is 3.70. The van der Waals surface area contributed by atoms with Gasteiger partial charge in [-0.05, 0) is 62.5 Å². The standard InChI is InChI=1S/C20H28O5S/c1-16-3-5-18(6-4-16)26(21,22)25-14-17-7-10-19(13-17)8-2-9-20(15-19)23-11-12-24-20/h3-6,17H,2,7-15H2,1H3/t17-,19+/m1/s1. The van der Waals surface area contributed by atoms with Gasteiger partial charge in [0.1, 0.15) is 0 Å². The maximum Gasteiger partial charge on any atom is 0.296 e. The van der Waals surface area contributed by atoms with Crippen molar-refractivity contribution in [1.29, 1.82) is 0 Å². The Kier molecular flexibility index (Phi) is 4.88. The van der Waals surface area contributed by atoms with Gasteiger partial charge < -0.3 is 9.47 Å². The van der Waals surface area contributed by atoms with Gasteiger partial charge in [0, 0.05) is 12.8 Å². The molecule has 4 rings (SSSR count). The van der Waals surface area contributed by atoms with Crippen LogP contribution in [0.4, 0.5) is 0 Å². The van der Waals surface area contributed by atoms with E-state index in [9.17, 15) is 8.42 Å². The van der Waals surface area contributed by atoms with Crippen molar-refractivity contribution in [2.24, 2.45) is 11.3 Å². The monoisotopic (exact) mass is 380 g/mol. The van der Waals surface area contributed by atoms with Crippen LogP contribution in [0.1, 0.15) is 50.5 Å². The molecule has 5 nitrogen and oxygen atoms in total. The molecule has 2 atom stereocenters. The van der Waals surface area contributed by atoms with Crippen LogP contribution in [0.3, 0.4) is 0 Å². The molecular formula is C20H28O5S. The van der Waals surface area contributed by atoms with Crippen LogP contribution in [0, 0.1) is 18.3 Å². The lowest BCUT2D eigenvalue weighted by atomic mass is 9.70. The summed E-state index contributed by atoms with van der Waals surface area (Å²) in [4.78, 5) is 0.236. The van der Waals surface area contributed by atoms with E-state index < -0.39 is 10.1 Å². The molecule has 144 valence electrons. The normalized spacial score (nSPS) is 31.0. The third-order valence-electron chi connectivity index (χ3n) is 6.30. The van der Waals surface area contributed by atoms with Gasteiger partial charge in [-0.25, -0.2) is 0 Å². The lowest BCUT2D eigenvalue weighted by Gasteiger charge is -2.43. The third-order valence-corrected chi connectivity index (χ3v) is 7.59. The van der Waals surface area contributed by atoms with Crippen LogP contribution >= 0.6 is 0 Å². The van der Waals surface area contributed by atoms with Gasteiger partial charge in [-0.2, -0.15) is 8.42 Å². The minimum Gasteiger partial charge on any atom is -0.348 e. The first-order valence-corrected chi connectivity index (χ1v) is 11.1. The summed E-state index contributed by atoms with van der Waals surface area (Å²) >= 11 is 0. The predicted octanol–water partition coefficient (Wildman–Crippen LogP) is 3.80. The molecule has 0 amide bonds. The minimum absolute atomic E-state index is 0.226. The van der Waals surface area contributed by atoms with Crippen molar-refractivity contribution in [3.63, 3.8) is 0 Å². The maximum atomic E-state index is 12.4. The Morgan fingerprint density at radius 1 is 1.12 bits per heavy atom. The Hall–Kier alpha value is -0.950. The van der Waals surface area contributed by atoms with Crippen molar-refractivity contribution in [2.45, 2.75) is 62.6 Å². The second kappa shape index (κ2) is 6.89. The van der Waals surface area contributed by atoms with E-state index in [1.54, 1.807) is 24.3 Å². The van der Waals surface area contributed by atoms with Gasteiger partial charge in [-0.3, -0.25) is 4.18 Å². The van der Waals surface area contributed by atoms with Gasteiger partial charge >= 0.3 is 0 Å². The fraction of sp³-hybridized carbons (Fsp3) is 0.700. The molecule has 6 heteroatoms. The topological polar surface area (TPSA) is 61.8 Å². The number of hydrogen-bond donors (Lipinski definition) is 0. The fourth-order valence-corrected chi connectivity index (χ4v) is 6.02. The van der Waals surface area contributed by atoms with E-state index in [1.165, 1.54) is 6.42 Å². The number of ether oxygens (including phenoxy) is 2. The van der Waals surface area contributed by atoms with Gasteiger partial charge in [0.15, 0.2) is 5.79 Å². The van der Waals surface area contributed by atoms with Crippen LogP contribution in [0.15, 0.2) is 29.2 Å². The summed E-state index contributed by atoms with van der Waals surface area (Å²) in [5, 5.41) is 0. The zero-order valence-electron chi connectivity index (χ0n) is 15.4. The second-order valence-corrected chi connectivity index (χ2v) is 9.91. The Bertz CT molecular complexity index is 736. The average Bonchev–Trinajstić information content (AvgIpc) is 3.21. The summed E-state index contributed by atoms with van der Waals surface area (Å²) in [5.41, 5.74) is 1.26. The predicted molar refractivity (Wildman–Crippen MR) is 97.2 cm³/mol. The van der Waals surface area contributed by atoms with Crippen LogP contribution < -0.4 is 0 Å². The maximum absolute atomic E-state index is 12.4. The van der Waals surface area contributed by atoms with E-state index in [0.29, 0.717) is 13.2 Å². The van der Waals surface area contributed by atoms with Gasteiger partial charge in [0.05, 0.1) is 24.7 Å². The largest absolute Gasteiger partial charge is 0.348 e. The van der Waals surface area contributed by atoms with Crippen molar-refractivity contribution in [1.82, 2.24) is 0 Å². The Morgan fingerprint density at radius 2 is 1.85 bits per heavy atom. The average molecular weight is 381 g/mol. The number of benzene rings is 1. The second-order valence-electron chi connectivity index (χ2n) is 8.30. The summed E-state index contributed by atoms with van der Waals surface area (Å²) in [6.07, 6.45) is 7.36. The summed E-state index contributed by atoms with van der Waals surface area (Å²) in [5.74, 6) is -0.0890. The quantitative estimate of drug-likeness (QED) is 0.744. The molecule has 2 spiro atoms. The Balaban J connectivity index is 1.36. The zero-order chi connectivity index (χ0) is 18.3. The van der Waals surface area contributed by atoms with Gasteiger partial charge in [-0.1, -0.05) is 17.7 Å². The molecule has 3 aliphatic rings. The molecule has 2 saturated carbocycles. The molecule has 2 aliphatic carbocycles. The van der Waals surface area contributed by atoms with Crippen LogP contribution in [-0.4, -0.2) is 34.0 Å². The van der Waals surface area contributed by atoms with E-state index in [4.69, 9.17) is 13.7 Å². The van der Waals surface area contributed by atoms with Crippen LogP contribution in [0.2, 0.25) is 0 Å². The van der Waals surface area contributed by atoms with Crippen LogP contribution in [0.5, 0.6) is 0 Å². The molecular weight excluding hydrogens is 352 g/mol. The number of hydrogen-bond acceptors (Lipinski definition) is 5. The zero-order valence-corrected chi connectivity index (χ0v) is 16.2. The molecule has 1 saturated heterocycles. The SMILES string of the molecule is Cc1ccc(S(=O)(=O)OC[C@@H]2CC[C@@]3(CCCC4(C3)OCCO4)C2)cc1. The number of rotatable bonds is 4. The highest BCUT2D eigenvalue weighted by Gasteiger charge is 2.51. The van der Waals surface area contributed by atoms with Crippen LogP contribution in [-0.2, 0) is 23.8 Å². The summed E-state index contributed by atoms with van der Waals surface area (Å²) in [7, 11) is -3.68. The molecule has 26 heavy (non-hydrogen) atoms. The lowest BCUT2D eigenvalue weighted by molar-refractivity contribution is -0.201. The van der Waals surface area contributed by atoms with Gasteiger partial charge in [0.2, 0.25) is 0 Å². The summed E-state index contributed by atoms with van der Waals surface area (Å²) < 4.78 is 42.1. The molecule has 0 bridgehead atoms. The van der Waals surface area contributed by atoms with Crippen molar-refractivity contribution in [3.8, 4) is 0 Å². The fourth-order valence-electron chi connectivity index (χ4n) is 5.04. The van der Waals surface area contributed by atoms with Gasteiger partial charge in [-0.15, -0.1) is 0 Å². The Labute approximate surface area is 156 Å². The highest BCUT2D eigenvalue weighted by Crippen LogP contribution is 2.55. The first kappa shape index (κ1) is 18.4. The van der Waals surface area contributed by atoms with E-state index in [0.717, 1.165) is 44.1 Å². The smallest absolute Gasteiger partial charge is 0.296 e. The molecule has 1 aromatic rings. The van der Waals surface area contributed by atoms with Crippen molar-refractivity contribution < 1.29 is 22.1 Å². The summed E-state index contributed by atoms with van der Waals surface area (Å²) in [6.45, 7) is 3.59. The molecule has 1 heterocycles. The van der Waals surface area contributed by atoms with E-state index in [2.05, 4.69) is 0 Å². The molecule has 0 radical (unpaired) electrons. The van der Waals surface area contributed by atoms with E-state index in [1.807, 2.05) is 6.92 Å². The first-order chi connectivity index (χ1) is 12.4. The molecule has 1 aliphatic heterocycles. The molecule has 0 aromatic heterocycles. The molecule has 0 N–H and O–H groups in total. The highest BCUT2D eigenvalue weighted by atomic mass is 32.2. The van der Waals surface area contributed by atoms with E-state index >= 15 is 0 Å². The first-order valence-electron chi connectivity index (χ1n) is 9.65. The number of aryl methyl sites for hydroxylation is 1. The van der Waals surface area contributed by atoms with Crippen molar-refractivity contribution in [2.75, 3.05) is 19.8 Å². The molecule has 1 aromatic carbocycles. The Morgan fingerprint density at radius 3 is 2.58 bits per heavy atom. The van der Waals surface area contributed by atoms with Crippen molar-refractivity contribution >= 4 is 10.1 Å².